The van der Waals surface area contributed by atoms with Gasteiger partial charge in [-0.15, -0.1) is 0 Å². The number of nitrogens with zero attached hydrogens (tertiary/aromatic N) is 1. The molecule has 0 rings (SSSR count). The highest BCUT2D eigenvalue weighted by Gasteiger charge is 1.80. The first-order valence-electron chi connectivity index (χ1n) is 13.4. The molecule has 0 amide bonds. The van der Waals surface area contributed by atoms with Crippen molar-refractivity contribution >= 4 is 128 Å². The van der Waals surface area contributed by atoms with Crippen LogP contribution in [0.1, 0.15) is 40.0 Å². The summed E-state index contributed by atoms with van der Waals surface area (Å²) >= 11 is 0. The lowest BCUT2D eigenvalue weighted by Crippen LogP contribution is -2.08. The fourth-order valence-electron chi connectivity index (χ4n) is 1.68. The summed E-state index contributed by atoms with van der Waals surface area (Å²) in [4.78, 5) is 0. The lowest BCUT2D eigenvalue weighted by molar-refractivity contribution is 0.701. The number of unbranched alkanes of at least 4 members (excludes halogenated alkanes) is 3. The zero-order valence-corrected chi connectivity index (χ0v) is 47.1. The molecule has 0 aliphatic carbocycles. The van der Waals surface area contributed by atoms with Gasteiger partial charge in [0, 0.05) is 48.3 Å². The van der Waals surface area contributed by atoms with E-state index in [2.05, 4.69) is 37.0 Å². The standard InChI is InChI=1S/C6H16Si.2C4H14Si2.CH8Si2.CH4.H9NSi3.H8Si3/c1-2-3-4-5-6-7;2*1-5-3-4-6-2;2-1-3;;2-1(3)4;1-3-2/h2-6H2,1,7H3;2*3-6H2,1-2H3;1H2,2-3H3;1H4;2-4H3;3H2,1-2H3. The van der Waals surface area contributed by atoms with E-state index >= 15 is 0 Å². The summed E-state index contributed by atoms with van der Waals surface area (Å²) in [6.45, 7) is 11.8. The third-order valence-corrected chi connectivity index (χ3v) is 10.7. The average Bonchev–Trinajstić information content (AvgIpc) is 2.67. The van der Waals surface area contributed by atoms with E-state index in [4.69, 9.17) is 0 Å². The van der Waals surface area contributed by atoms with Crippen molar-refractivity contribution in [2.75, 3.05) is 0 Å². The monoisotopic (exact) mass is 643 g/mol. The molecule has 0 bridgehead atoms. The number of hydrogen-bond donors (Lipinski definition) is 0. The van der Waals surface area contributed by atoms with Gasteiger partial charge in [0.05, 0.1) is 31.2 Å². The van der Waals surface area contributed by atoms with E-state index in [0.29, 0.717) is 46.6 Å². The minimum Gasteiger partial charge on any atom is -0.390 e. The van der Waals surface area contributed by atoms with E-state index in [9.17, 15) is 0 Å². The third kappa shape index (κ3) is 167. The molecule has 0 aliphatic heterocycles. The molecule has 0 heterocycles. The third-order valence-electron chi connectivity index (χ3n) is 3.12. The summed E-state index contributed by atoms with van der Waals surface area (Å²) in [5.74, 6) is 0. The molecule has 0 atom stereocenters. The second-order valence-electron chi connectivity index (χ2n) is 8.23. The molecule has 0 N–H and O–H groups in total. The van der Waals surface area contributed by atoms with Crippen LogP contribution in [0.4, 0.5) is 0 Å². The molecule has 0 aromatic heterocycles. The van der Waals surface area contributed by atoms with Crippen molar-refractivity contribution in [1.29, 1.82) is 0 Å². The molecule has 1 nitrogen and oxygen atoms in total. The second-order valence-corrected chi connectivity index (χ2v) is 50.8. The van der Waals surface area contributed by atoms with E-state index in [1.54, 1.807) is 43.7 Å². The summed E-state index contributed by atoms with van der Waals surface area (Å²) in [5.41, 5.74) is 1.53. The molecule has 0 unspecified atom stereocenters. The van der Waals surface area contributed by atoms with E-state index in [0.717, 1.165) is 0 Å². The molecule has 194 valence electrons. The Morgan fingerprint density at radius 3 is 1.00 bits per heavy atom. The van der Waals surface area contributed by atoms with Gasteiger partial charge in [0.15, 0.2) is 0 Å². The highest BCUT2D eigenvalue weighted by Crippen LogP contribution is 1.99. The van der Waals surface area contributed by atoms with Gasteiger partial charge in [-0.3, -0.25) is 0 Å². The van der Waals surface area contributed by atoms with Crippen LogP contribution in [0, 0.1) is 0 Å². The van der Waals surface area contributed by atoms with Gasteiger partial charge >= 0.3 is 0 Å². The molecule has 0 radical (unpaired) electrons. The highest BCUT2D eigenvalue weighted by atomic mass is 29.5. The van der Waals surface area contributed by atoms with Crippen LogP contribution in [-0.2, 0) is 0 Å². The van der Waals surface area contributed by atoms with Crippen LogP contribution in [0.15, 0.2) is 0 Å². The summed E-state index contributed by atoms with van der Waals surface area (Å²) in [6, 6.07) is 7.96. The first-order valence-corrected chi connectivity index (χ1v) is 41.3. The predicted octanol–water partition coefficient (Wildman–Crippen LogP) is -6.56. The maximum atomic E-state index is 2.42. The summed E-state index contributed by atoms with van der Waals surface area (Å²) in [5, 5.41) is 0. The van der Waals surface area contributed by atoms with E-state index < -0.39 is 0 Å². The number of rotatable bonds is 10. The van der Waals surface area contributed by atoms with Gasteiger partial charge in [0.25, 0.3) is 0 Å². The first-order chi connectivity index (χ1) is 13.8. The first kappa shape index (κ1) is 49.8. The van der Waals surface area contributed by atoms with Gasteiger partial charge in [-0.05, 0) is 48.6 Å². The Bertz CT molecular complexity index is 158. The zero-order chi connectivity index (χ0) is 24.2. The van der Waals surface area contributed by atoms with E-state index in [1.165, 1.54) is 99.3 Å². The smallest absolute Gasteiger partial charge is 0.0625 e. The van der Waals surface area contributed by atoms with Crippen molar-refractivity contribution in [3.63, 3.8) is 0 Å². The molecule has 0 fully saturated rings. The van der Waals surface area contributed by atoms with Crippen LogP contribution >= 0.6 is 0 Å². The quantitative estimate of drug-likeness (QED) is 0.169. The molecule has 0 aromatic carbocycles. The summed E-state index contributed by atoms with van der Waals surface area (Å²) in [7, 11) is 13.8. The topological polar surface area (TPSA) is 3.24 Å². The Hall–Kier alpha value is 2.78. The van der Waals surface area contributed by atoms with Gasteiger partial charge in [-0.2, -0.15) is 0 Å². The predicted molar refractivity (Wildman–Crippen MR) is 207 cm³/mol. The molecule has 30 heavy (non-hydrogen) atoms. The molecule has 0 aliphatic rings. The van der Waals surface area contributed by atoms with Crippen LogP contribution in [0.5, 0.6) is 0 Å². The molecule has 0 saturated carbocycles. The van der Waals surface area contributed by atoms with Crippen LogP contribution in [-0.4, -0.2) is 132 Å². The lowest BCUT2D eigenvalue weighted by Gasteiger charge is -1.91. The highest BCUT2D eigenvalue weighted by molar-refractivity contribution is 7.17. The van der Waals surface area contributed by atoms with Crippen molar-refractivity contribution in [2.45, 2.75) is 102 Å². The van der Waals surface area contributed by atoms with Crippen molar-refractivity contribution in [1.82, 2.24) is 3.90 Å². The fraction of sp³-hybridized carbons (Fsp3) is 1.00. The van der Waals surface area contributed by atoms with Crippen LogP contribution in [0.3, 0.4) is 0 Å². The Kier molecular flexibility index (Phi) is 116. The Morgan fingerprint density at radius 2 is 0.867 bits per heavy atom. The normalized spacial score (nSPS) is 11.0. The van der Waals surface area contributed by atoms with Gasteiger partial charge in [0.1, 0.15) is 0 Å². The summed E-state index contributed by atoms with van der Waals surface area (Å²) < 4.78 is 2.42. The Labute approximate surface area is 232 Å². The van der Waals surface area contributed by atoms with Gasteiger partial charge in [-0.1, -0.05) is 102 Å². The minimum absolute atomic E-state index is 0. The van der Waals surface area contributed by atoms with Crippen molar-refractivity contribution in [3.05, 3.63) is 0 Å². The number of hydrogen-bond acceptors (Lipinski definition) is 1. The second kappa shape index (κ2) is 69.7. The molecular weight excluding hydrogens is 571 g/mol. The molecule has 0 spiro atoms. The van der Waals surface area contributed by atoms with E-state index in [-0.39, 0.29) is 7.43 Å². The fourth-order valence-corrected chi connectivity index (χ4v) is 10.2. The SMILES string of the molecule is C.CCCCCC[SiH3].C[SiH2]CC[SiH2]C.C[SiH2]CC[SiH2]C.[SiH3]C[SiH3].[SiH3]N([SiH3])[SiH3].[SiH3][SiH2][SiH3]. The minimum atomic E-state index is 0. The molecule has 0 aromatic rings. The molecule has 14 heteroatoms. The van der Waals surface area contributed by atoms with Crippen LogP contribution in [0.2, 0.25) is 62.1 Å². The zero-order valence-electron chi connectivity index (χ0n) is 24.1. The van der Waals surface area contributed by atoms with Gasteiger partial charge < -0.3 is 3.90 Å². The summed E-state index contributed by atoms with van der Waals surface area (Å²) in [6.07, 6.45) is 5.78. The van der Waals surface area contributed by atoms with Crippen molar-refractivity contribution in [2.24, 2.45) is 0 Å². The lowest BCUT2D eigenvalue weighted by atomic mass is 10.2. The van der Waals surface area contributed by atoms with Crippen LogP contribution < -0.4 is 0 Å². The van der Waals surface area contributed by atoms with Gasteiger partial charge in [0.2, 0.25) is 0 Å². The molecule has 0 saturated heterocycles. The van der Waals surface area contributed by atoms with Gasteiger partial charge in [-0.25, -0.2) is 0 Å². The van der Waals surface area contributed by atoms with Crippen molar-refractivity contribution < 1.29 is 0 Å². The largest absolute Gasteiger partial charge is 0.390 e. The van der Waals surface area contributed by atoms with Crippen molar-refractivity contribution in [3.8, 4) is 0 Å². The molecular formula is C16H73NSi13. The average molecular weight is 645 g/mol. The van der Waals surface area contributed by atoms with Crippen LogP contribution in [0.25, 0.3) is 0 Å². The Balaban J connectivity index is -0.0000000433. The maximum absolute atomic E-state index is 2.42. The van der Waals surface area contributed by atoms with E-state index in [1.807, 2.05) is 0 Å². The maximum Gasteiger partial charge on any atom is 0.0625 e. The Morgan fingerprint density at radius 1 is 0.633 bits per heavy atom.